The second-order valence-electron chi connectivity index (χ2n) is 6.24. The molecule has 0 radical (unpaired) electrons. The number of amides is 4. The van der Waals surface area contributed by atoms with E-state index in [1.54, 1.807) is 24.3 Å². The first-order chi connectivity index (χ1) is 13.3. The molecule has 1 aliphatic heterocycles. The lowest BCUT2D eigenvalue weighted by Crippen LogP contribution is -2.54. The van der Waals surface area contributed by atoms with E-state index in [0.29, 0.717) is 16.7 Å². The second kappa shape index (κ2) is 7.90. The third-order valence-corrected chi connectivity index (χ3v) is 4.90. The minimum absolute atomic E-state index is 0.197. The van der Waals surface area contributed by atoms with Crippen molar-refractivity contribution in [3.8, 4) is 0 Å². The molecule has 7 nitrogen and oxygen atoms in total. The number of barbiturate groups is 1. The van der Waals surface area contributed by atoms with Gasteiger partial charge in [0.05, 0.1) is 5.69 Å². The molecule has 0 bridgehead atoms. The summed E-state index contributed by atoms with van der Waals surface area (Å²) in [6.45, 7) is 7.33. The molecule has 1 saturated heterocycles. The molecule has 1 aromatic carbocycles. The quantitative estimate of drug-likeness (QED) is 0.609. The molecule has 3 rings (SSSR count). The van der Waals surface area contributed by atoms with Crippen LogP contribution < -0.4 is 15.1 Å². The van der Waals surface area contributed by atoms with E-state index in [-0.39, 0.29) is 11.3 Å². The number of nitrogens with zero attached hydrogens (tertiary/aromatic N) is 2. The number of anilines is 2. The number of rotatable bonds is 5. The Balaban J connectivity index is 1.95. The largest absolute Gasteiger partial charge is 0.441 e. The van der Waals surface area contributed by atoms with E-state index in [9.17, 15) is 14.4 Å². The van der Waals surface area contributed by atoms with Gasteiger partial charge in [0.25, 0.3) is 11.8 Å². The number of carbonyl (C=O) groups excluding carboxylic acids is 3. The van der Waals surface area contributed by atoms with Gasteiger partial charge in [0.1, 0.15) is 11.3 Å². The first-order valence-electron chi connectivity index (χ1n) is 8.88. The summed E-state index contributed by atoms with van der Waals surface area (Å²) < 4.78 is 5.72. The maximum atomic E-state index is 12.9. The van der Waals surface area contributed by atoms with E-state index < -0.39 is 17.8 Å². The van der Waals surface area contributed by atoms with Crippen molar-refractivity contribution in [2.45, 2.75) is 20.8 Å². The second-order valence-corrected chi connectivity index (χ2v) is 6.65. The van der Waals surface area contributed by atoms with Crippen molar-refractivity contribution in [3.63, 3.8) is 0 Å². The smallest absolute Gasteiger partial charge is 0.335 e. The van der Waals surface area contributed by atoms with Crippen LogP contribution in [-0.4, -0.2) is 30.9 Å². The summed E-state index contributed by atoms with van der Waals surface area (Å²) in [6, 6.07) is 7.42. The van der Waals surface area contributed by atoms with Gasteiger partial charge in [-0.2, -0.15) is 0 Å². The monoisotopic (exact) mass is 401 g/mol. The molecule has 4 amide bonds. The Labute approximate surface area is 167 Å². The molecular formula is C20H20ClN3O4. The van der Waals surface area contributed by atoms with Gasteiger partial charge >= 0.3 is 6.03 Å². The Hall–Kier alpha value is -3.06. The fourth-order valence-electron chi connectivity index (χ4n) is 2.88. The van der Waals surface area contributed by atoms with Gasteiger partial charge in [0, 0.05) is 24.2 Å². The Morgan fingerprint density at radius 2 is 1.86 bits per heavy atom. The van der Waals surface area contributed by atoms with E-state index in [2.05, 4.69) is 5.32 Å². The highest BCUT2D eigenvalue weighted by molar-refractivity contribution is 6.39. The Morgan fingerprint density at radius 1 is 1.14 bits per heavy atom. The molecular weight excluding hydrogens is 382 g/mol. The molecule has 1 N–H and O–H groups in total. The molecule has 28 heavy (non-hydrogen) atoms. The SMILES string of the molecule is CCN(CC)c1ccc(C=C2C(=O)NC(=O)N(c3ccc(C)c(Cl)c3)C2=O)o1. The zero-order valence-corrected chi connectivity index (χ0v) is 16.5. The highest BCUT2D eigenvalue weighted by atomic mass is 35.5. The van der Waals surface area contributed by atoms with Crippen molar-refractivity contribution in [1.29, 1.82) is 0 Å². The lowest BCUT2D eigenvalue weighted by molar-refractivity contribution is -0.122. The van der Waals surface area contributed by atoms with Crippen molar-refractivity contribution < 1.29 is 18.8 Å². The van der Waals surface area contributed by atoms with Gasteiger partial charge in [-0.05, 0) is 50.6 Å². The highest BCUT2D eigenvalue weighted by Crippen LogP contribution is 2.27. The number of urea groups is 1. The molecule has 8 heteroatoms. The zero-order valence-electron chi connectivity index (χ0n) is 15.8. The summed E-state index contributed by atoms with van der Waals surface area (Å²) in [4.78, 5) is 40.3. The fraction of sp³-hybridized carbons (Fsp3) is 0.250. The maximum absolute atomic E-state index is 12.9. The van der Waals surface area contributed by atoms with Crippen LogP contribution in [0.2, 0.25) is 5.02 Å². The summed E-state index contributed by atoms with van der Waals surface area (Å²) in [5, 5.41) is 2.59. The van der Waals surface area contributed by atoms with Gasteiger partial charge in [-0.25, -0.2) is 9.69 Å². The third-order valence-electron chi connectivity index (χ3n) is 4.49. The van der Waals surface area contributed by atoms with Crippen LogP contribution in [0.25, 0.3) is 6.08 Å². The molecule has 0 spiro atoms. The van der Waals surface area contributed by atoms with E-state index in [1.807, 2.05) is 25.7 Å². The van der Waals surface area contributed by atoms with Gasteiger partial charge in [-0.1, -0.05) is 17.7 Å². The number of halogens is 1. The number of aryl methyl sites for hydroxylation is 1. The van der Waals surface area contributed by atoms with Crippen LogP contribution in [0, 0.1) is 6.92 Å². The summed E-state index contributed by atoms with van der Waals surface area (Å²) in [5.41, 5.74) is 0.887. The first-order valence-corrected chi connectivity index (χ1v) is 9.25. The number of nitrogens with one attached hydrogen (secondary N) is 1. The van der Waals surface area contributed by atoms with Gasteiger partial charge in [0.15, 0.2) is 5.88 Å². The van der Waals surface area contributed by atoms with Crippen LogP contribution in [-0.2, 0) is 9.59 Å². The summed E-state index contributed by atoms with van der Waals surface area (Å²) in [5.74, 6) is -0.532. The number of hydrogen-bond acceptors (Lipinski definition) is 5. The minimum atomic E-state index is -0.824. The van der Waals surface area contributed by atoms with Crippen molar-refractivity contribution in [1.82, 2.24) is 5.32 Å². The number of furan rings is 1. The third kappa shape index (κ3) is 3.66. The standard InChI is InChI=1S/C20H20ClN3O4/c1-4-23(5-2)17-9-8-14(28-17)11-15-18(25)22-20(27)24(19(15)26)13-7-6-12(3)16(21)10-13/h6-11H,4-5H2,1-3H3,(H,22,25,27). The molecule has 2 heterocycles. The molecule has 0 saturated carbocycles. The molecule has 1 aliphatic rings. The molecule has 0 unspecified atom stereocenters. The van der Waals surface area contributed by atoms with Crippen LogP contribution in [0.4, 0.5) is 16.4 Å². The normalized spacial score (nSPS) is 15.9. The maximum Gasteiger partial charge on any atom is 0.335 e. The summed E-state index contributed by atoms with van der Waals surface area (Å²) in [6.07, 6.45) is 1.33. The van der Waals surface area contributed by atoms with E-state index in [0.717, 1.165) is 23.6 Å². The predicted octanol–water partition coefficient (Wildman–Crippen LogP) is 3.75. The molecule has 0 atom stereocenters. The lowest BCUT2D eigenvalue weighted by Gasteiger charge is -2.26. The Bertz CT molecular complexity index is 976. The fourth-order valence-corrected chi connectivity index (χ4v) is 3.05. The van der Waals surface area contributed by atoms with Crippen molar-refractivity contribution in [2.24, 2.45) is 0 Å². The van der Waals surface area contributed by atoms with Crippen LogP contribution in [0.3, 0.4) is 0 Å². The number of imide groups is 2. The average molecular weight is 402 g/mol. The van der Waals surface area contributed by atoms with Gasteiger partial charge in [-0.15, -0.1) is 0 Å². The van der Waals surface area contributed by atoms with Crippen LogP contribution in [0.5, 0.6) is 0 Å². The Kier molecular flexibility index (Phi) is 5.56. The zero-order chi connectivity index (χ0) is 20.4. The van der Waals surface area contributed by atoms with E-state index in [4.69, 9.17) is 16.0 Å². The molecule has 1 aromatic heterocycles. The van der Waals surface area contributed by atoms with E-state index in [1.165, 1.54) is 12.1 Å². The lowest BCUT2D eigenvalue weighted by atomic mass is 10.1. The predicted molar refractivity (Wildman–Crippen MR) is 107 cm³/mol. The van der Waals surface area contributed by atoms with Crippen molar-refractivity contribution in [3.05, 3.63) is 52.3 Å². The number of carbonyl (C=O) groups is 3. The number of benzene rings is 1. The Morgan fingerprint density at radius 3 is 2.50 bits per heavy atom. The highest BCUT2D eigenvalue weighted by Gasteiger charge is 2.37. The topological polar surface area (TPSA) is 82.9 Å². The average Bonchev–Trinajstić information content (AvgIpc) is 3.11. The van der Waals surface area contributed by atoms with Gasteiger partial charge in [0.2, 0.25) is 0 Å². The summed E-state index contributed by atoms with van der Waals surface area (Å²) in [7, 11) is 0. The van der Waals surface area contributed by atoms with Crippen LogP contribution in [0.15, 0.2) is 40.3 Å². The van der Waals surface area contributed by atoms with Gasteiger partial charge in [-0.3, -0.25) is 14.9 Å². The minimum Gasteiger partial charge on any atom is -0.441 e. The first kappa shape index (κ1) is 19.7. The van der Waals surface area contributed by atoms with Crippen LogP contribution >= 0.6 is 11.6 Å². The molecule has 1 fully saturated rings. The molecule has 2 aromatic rings. The van der Waals surface area contributed by atoms with Crippen molar-refractivity contribution in [2.75, 3.05) is 22.9 Å². The van der Waals surface area contributed by atoms with Crippen molar-refractivity contribution >= 4 is 47.1 Å². The van der Waals surface area contributed by atoms with Crippen LogP contribution in [0.1, 0.15) is 25.2 Å². The summed E-state index contributed by atoms with van der Waals surface area (Å²) >= 11 is 6.11. The molecule has 146 valence electrons. The van der Waals surface area contributed by atoms with E-state index >= 15 is 0 Å². The van der Waals surface area contributed by atoms with Gasteiger partial charge < -0.3 is 9.32 Å². The number of hydrogen-bond donors (Lipinski definition) is 1. The molecule has 0 aliphatic carbocycles.